The van der Waals surface area contributed by atoms with Crippen molar-refractivity contribution in [1.29, 1.82) is 0 Å². The number of alkyl halides is 3. The molecule has 0 aromatic heterocycles. The molecule has 162 valence electrons. The highest BCUT2D eigenvalue weighted by Gasteiger charge is 2.35. The number of amides is 2. The molecule has 3 N–H and O–H groups in total. The Morgan fingerprint density at radius 1 is 1.16 bits per heavy atom. The summed E-state index contributed by atoms with van der Waals surface area (Å²) in [6.07, 6.45) is -2.18. The van der Waals surface area contributed by atoms with Crippen LogP contribution in [0.2, 0.25) is 0 Å². The summed E-state index contributed by atoms with van der Waals surface area (Å²) in [5.74, 6) is -0.524. The Morgan fingerprint density at radius 2 is 1.94 bits per heavy atom. The molecule has 2 aromatic rings. The third kappa shape index (κ3) is 4.50. The van der Waals surface area contributed by atoms with Crippen LogP contribution in [0, 0.1) is 0 Å². The molecule has 4 rings (SSSR count). The molecule has 0 unspecified atom stereocenters. The summed E-state index contributed by atoms with van der Waals surface area (Å²) >= 11 is 0. The van der Waals surface area contributed by atoms with Crippen molar-refractivity contribution in [2.45, 2.75) is 38.6 Å². The molecule has 0 saturated carbocycles. The van der Waals surface area contributed by atoms with E-state index in [4.69, 9.17) is 4.74 Å². The van der Waals surface area contributed by atoms with Crippen molar-refractivity contribution >= 4 is 28.9 Å². The fraction of sp³-hybridized carbons (Fsp3) is 0.273. The second-order valence-electron chi connectivity index (χ2n) is 7.91. The summed E-state index contributed by atoms with van der Waals surface area (Å²) in [4.78, 5) is 24.2. The quantitative estimate of drug-likeness (QED) is 0.620. The molecular formula is C22H20F3N3O3. The third-order valence-corrected chi connectivity index (χ3v) is 4.95. The molecule has 2 aromatic carbocycles. The molecule has 0 saturated heterocycles. The van der Waals surface area contributed by atoms with E-state index in [0.717, 1.165) is 17.7 Å². The van der Waals surface area contributed by atoms with Crippen molar-refractivity contribution in [3.05, 3.63) is 59.2 Å². The number of fused-ring (bicyclic) bond motifs is 2. The van der Waals surface area contributed by atoms with Gasteiger partial charge in [0.05, 0.1) is 11.3 Å². The Bertz CT molecular complexity index is 1110. The molecule has 2 aliphatic heterocycles. The van der Waals surface area contributed by atoms with Gasteiger partial charge in [-0.3, -0.25) is 9.59 Å². The molecule has 0 fully saturated rings. The van der Waals surface area contributed by atoms with Crippen LogP contribution in [0.4, 0.5) is 24.5 Å². The number of rotatable bonds is 2. The molecule has 0 bridgehead atoms. The van der Waals surface area contributed by atoms with Crippen molar-refractivity contribution < 1.29 is 27.5 Å². The van der Waals surface area contributed by atoms with E-state index in [1.807, 2.05) is 6.07 Å². The predicted molar refractivity (Wildman–Crippen MR) is 109 cm³/mol. The van der Waals surface area contributed by atoms with Gasteiger partial charge in [0, 0.05) is 29.4 Å². The smallest absolute Gasteiger partial charge is 0.416 e. The summed E-state index contributed by atoms with van der Waals surface area (Å²) in [6.45, 7) is 3.29. The van der Waals surface area contributed by atoms with Gasteiger partial charge in [0.1, 0.15) is 5.75 Å². The lowest BCUT2D eigenvalue weighted by atomic mass is 10.0. The average Bonchev–Trinajstić information content (AvgIpc) is 2.65. The van der Waals surface area contributed by atoms with Gasteiger partial charge in [0.2, 0.25) is 11.8 Å². The van der Waals surface area contributed by atoms with Crippen LogP contribution in [-0.4, -0.2) is 17.5 Å². The molecule has 9 heteroatoms. The normalized spacial score (nSPS) is 18.2. The first-order chi connectivity index (χ1) is 14.5. The number of ether oxygens (including phenoxy) is 1. The van der Waals surface area contributed by atoms with Gasteiger partial charge in [-0.25, -0.2) is 0 Å². The minimum absolute atomic E-state index is 0.0362. The topological polar surface area (TPSA) is 79.5 Å². The maximum Gasteiger partial charge on any atom is 0.416 e. The zero-order valence-corrected chi connectivity index (χ0v) is 16.8. The van der Waals surface area contributed by atoms with E-state index in [9.17, 15) is 22.8 Å². The molecule has 2 aliphatic rings. The maximum atomic E-state index is 13.1. The van der Waals surface area contributed by atoms with Crippen LogP contribution in [0.1, 0.15) is 37.0 Å². The van der Waals surface area contributed by atoms with Crippen molar-refractivity contribution in [2.75, 3.05) is 10.6 Å². The minimum Gasteiger partial charge on any atom is -0.468 e. The summed E-state index contributed by atoms with van der Waals surface area (Å²) in [6, 6.07) is 8.39. The molecule has 2 amide bonds. The highest BCUT2D eigenvalue weighted by atomic mass is 19.4. The van der Waals surface area contributed by atoms with E-state index in [1.54, 1.807) is 26.0 Å². The number of carbonyl (C=O) groups excluding carboxylic acids is 2. The van der Waals surface area contributed by atoms with Crippen LogP contribution >= 0.6 is 0 Å². The van der Waals surface area contributed by atoms with Gasteiger partial charge < -0.3 is 20.7 Å². The Morgan fingerprint density at radius 3 is 2.68 bits per heavy atom. The van der Waals surface area contributed by atoms with E-state index in [0.29, 0.717) is 35.5 Å². The lowest BCUT2D eigenvalue weighted by molar-refractivity contribution is -0.137. The number of aryl methyl sites for hydroxylation is 1. The van der Waals surface area contributed by atoms with Crippen LogP contribution in [0.3, 0.4) is 0 Å². The summed E-state index contributed by atoms with van der Waals surface area (Å²) in [5.41, 5.74) is 0.962. The van der Waals surface area contributed by atoms with Crippen molar-refractivity contribution in [2.24, 2.45) is 0 Å². The molecule has 0 spiro atoms. The van der Waals surface area contributed by atoms with E-state index in [2.05, 4.69) is 16.0 Å². The summed E-state index contributed by atoms with van der Waals surface area (Å²) in [5, 5.41) is 8.51. The van der Waals surface area contributed by atoms with E-state index < -0.39 is 23.4 Å². The van der Waals surface area contributed by atoms with Gasteiger partial charge in [-0.15, -0.1) is 0 Å². The van der Waals surface area contributed by atoms with E-state index in [-0.39, 0.29) is 11.7 Å². The molecular weight excluding hydrogens is 411 g/mol. The minimum atomic E-state index is -4.50. The van der Waals surface area contributed by atoms with Gasteiger partial charge in [-0.1, -0.05) is 6.07 Å². The van der Waals surface area contributed by atoms with Crippen LogP contribution in [0.5, 0.6) is 5.75 Å². The lowest BCUT2D eigenvalue weighted by Crippen LogP contribution is -2.47. The summed E-state index contributed by atoms with van der Waals surface area (Å²) in [7, 11) is 0. The van der Waals surface area contributed by atoms with Gasteiger partial charge in [0.25, 0.3) is 0 Å². The standard InChI is InChI=1S/C22H20F3N3O3/c1-21(2)28-17(15-7-5-13(22(23,24)25)9-18(15)31-21)11-20(30)26-14-6-3-12-4-8-19(29)27-16(12)10-14/h3,5-7,9-11,28H,4,8H2,1-2H3,(H,26,30)(H,27,29)/b17-11-. The molecule has 2 heterocycles. The van der Waals surface area contributed by atoms with Crippen LogP contribution in [0.15, 0.2) is 42.5 Å². The first kappa shape index (κ1) is 20.8. The van der Waals surface area contributed by atoms with E-state index in [1.165, 1.54) is 12.1 Å². The Kier molecular flexibility index (Phi) is 4.91. The Hall–Kier alpha value is -3.49. The number of halogens is 3. The molecule has 6 nitrogen and oxygen atoms in total. The second-order valence-corrected chi connectivity index (χ2v) is 7.91. The first-order valence-corrected chi connectivity index (χ1v) is 9.64. The average molecular weight is 431 g/mol. The highest BCUT2D eigenvalue weighted by Crippen LogP contribution is 2.38. The monoisotopic (exact) mass is 431 g/mol. The van der Waals surface area contributed by atoms with Gasteiger partial charge in [0.15, 0.2) is 5.72 Å². The van der Waals surface area contributed by atoms with Gasteiger partial charge in [-0.2, -0.15) is 13.2 Å². The molecule has 0 atom stereocenters. The molecule has 0 aliphatic carbocycles. The Balaban J connectivity index is 1.60. The van der Waals surface area contributed by atoms with Gasteiger partial charge >= 0.3 is 6.18 Å². The number of anilines is 2. The van der Waals surface area contributed by atoms with Crippen LogP contribution < -0.4 is 20.7 Å². The number of carbonyl (C=O) groups is 2. The number of hydrogen-bond acceptors (Lipinski definition) is 4. The number of hydrogen-bond donors (Lipinski definition) is 3. The van der Waals surface area contributed by atoms with Crippen molar-refractivity contribution in [1.82, 2.24) is 5.32 Å². The fourth-order valence-corrected chi connectivity index (χ4v) is 3.57. The summed E-state index contributed by atoms with van der Waals surface area (Å²) < 4.78 is 44.8. The van der Waals surface area contributed by atoms with Crippen molar-refractivity contribution in [3.63, 3.8) is 0 Å². The van der Waals surface area contributed by atoms with Crippen molar-refractivity contribution in [3.8, 4) is 5.75 Å². The fourth-order valence-electron chi connectivity index (χ4n) is 3.57. The molecule has 31 heavy (non-hydrogen) atoms. The largest absolute Gasteiger partial charge is 0.468 e. The van der Waals surface area contributed by atoms with Crippen LogP contribution in [-0.2, 0) is 22.2 Å². The zero-order chi connectivity index (χ0) is 22.4. The predicted octanol–water partition coefficient (Wildman–Crippen LogP) is 4.29. The van der Waals surface area contributed by atoms with Gasteiger partial charge in [-0.05, 0) is 56.2 Å². The second kappa shape index (κ2) is 7.33. The highest BCUT2D eigenvalue weighted by molar-refractivity contribution is 6.05. The maximum absolute atomic E-state index is 13.1. The SMILES string of the molecule is CC1(C)N/C(=C\C(=O)Nc2ccc3c(c2)NC(=O)CC3)c2ccc(C(F)(F)F)cc2O1. The Labute approximate surface area is 176 Å². The zero-order valence-electron chi connectivity index (χ0n) is 16.8. The molecule has 0 radical (unpaired) electrons. The first-order valence-electron chi connectivity index (χ1n) is 9.64. The number of nitrogens with one attached hydrogen (secondary N) is 3. The van der Waals surface area contributed by atoms with E-state index >= 15 is 0 Å². The van der Waals surface area contributed by atoms with Crippen LogP contribution in [0.25, 0.3) is 5.70 Å². The third-order valence-electron chi connectivity index (χ3n) is 4.95. The number of benzene rings is 2. The lowest BCUT2D eigenvalue weighted by Gasteiger charge is -2.36.